The van der Waals surface area contributed by atoms with Gasteiger partial charge in [-0.1, -0.05) is 31.9 Å². The molecule has 1 amide bonds. The maximum atomic E-state index is 13.0. The number of rotatable bonds is 7. The lowest BCUT2D eigenvalue weighted by atomic mass is 9.64. The van der Waals surface area contributed by atoms with E-state index in [0.717, 1.165) is 29.7 Å². The normalized spacial score (nSPS) is 15.5. The van der Waals surface area contributed by atoms with Crippen LogP contribution in [0.5, 0.6) is 5.75 Å². The lowest BCUT2D eigenvalue weighted by molar-refractivity contribution is -0.122. The van der Waals surface area contributed by atoms with E-state index >= 15 is 0 Å². The largest absolute Gasteiger partial charge is 0.478 e. The first-order valence-electron chi connectivity index (χ1n) is 12.9. The number of hydrogen-bond donors (Lipinski definition) is 2. The topological polar surface area (TPSA) is 101 Å². The Labute approximate surface area is 222 Å². The van der Waals surface area contributed by atoms with Crippen molar-refractivity contribution in [2.45, 2.75) is 53.0 Å². The summed E-state index contributed by atoms with van der Waals surface area (Å²) in [7, 11) is 1.52. The van der Waals surface area contributed by atoms with Gasteiger partial charge in [0.1, 0.15) is 5.02 Å². The maximum Gasteiger partial charge on any atom is 0.293 e. The van der Waals surface area contributed by atoms with Crippen molar-refractivity contribution in [3.05, 3.63) is 45.8 Å². The standard InChI is InChI=1S/C25H29ClN6O3.C2H6/c1-15(2)32-19-6-5-17(9-16(19)10-20(23(32)34)35-12-21(33)27-3)29-22-18(26)11-28-24(30-22)31-13-25(14-31)7-4-8-25;1-2/h5-6,9-11,15H,4,7-8,12-14H2,1-3H3,(H,27,33)(H,28,29,30);1-2H3. The van der Waals surface area contributed by atoms with Crippen molar-refractivity contribution < 1.29 is 9.53 Å². The van der Waals surface area contributed by atoms with Crippen LogP contribution in [-0.4, -0.2) is 47.2 Å². The molecule has 37 heavy (non-hydrogen) atoms. The average molecular weight is 527 g/mol. The molecule has 1 spiro atoms. The van der Waals surface area contributed by atoms with E-state index in [1.54, 1.807) is 16.8 Å². The van der Waals surface area contributed by atoms with Crippen molar-refractivity contribution >= 4 is 45.9 Å². The van der Waals surface area contributed by atoms with Gasteiger partial charge in [0.25, 0.3) is 11.5 Å². The van der Waals surface area contributed by atoms with Gasteiger partial charge < -0.3 is 24.8 Å². The number of hydrogen-bond acceptors (Lipinski definition) is 7. The number of carbonyl (C=O) groups is 1. The summed E-state index contributed by atoms with van der Waals surface area (Å²) in [5.41, 5.74) is 1.72. The minimum Gasteiger partial charge on any atom is -0.478 e. The number of anilines is 3. The van der Waals surface area contributed by atoms with Gasteiger partial charge in [0.15, 0.2) is 18.2 Å². The first-order valence-corrected chi connectivity index (χ1v) is 13.2. The van der Waals surface area contributed by atoms with Crippen LogP contribution in [0, 0.1) is 5.41 Å². The first-order chi connectivity index (χ1) is 17.8. The fourth-order valence-electron chi connectivity index (χ4n) is 4.86. The van der Waals surface area contributed by atoms with Gasteiger partial charge in [-0.2, -0.15) is 4.98 Å². The van der Waals surface area contributed by atoms with Crippen LogP contribution < -0.4 is 25.8 Å². The smallest absolute Gasteiger partial charge is 0.293 e. The molecule has 0 unspecified atom stereocenters. The lowest BCUT2D eigenvalue weighted by Crippen LogP contribution is -2.60. The molecule has 1 aromatic carbocycles. The van der Waals surface area contributed by atoms with Crippen molar-refractivity contribution in [2.75, 3.05) is 37.0 Å². The van der Waals surface area contributed by atoms with Crippen LogP contribution in [0.2, 0.25) is 5.02 Å². The van der Waals surface area contributed by atoms with Crippen LogP contribution in [0.4, 0.5) is 17.5 Å². The second kappa shape index (κ2) is 11.0. The number of ether oxygens (including phenoxy) is 1. The Hall–Kier alpha value is -3.33. The number of likely N-dealkylation sites (N-methyl/N-ethyl adjacent to an activating group) is 1. The first kappa shape index (κ1) is 26.7. The summed E-state index contributed by atoms with van der Waals surface area (Å²) in [6.45, 7) is 9.62. The van der Waals surface area contributed by atoms with E-state index in [1.165, 1.54) is 26.3 Å². The molecule has 2 N–H and O–H groups in total. The second-order valence-electron chi connectivity index (χ2n) is 9.71. The Kier molecular flexibility index (Phi) is 7.92. The van der Waals surface area contributed by atoms with Crippen molar-refractivity contribution in [2.24, 2.45) is 5.41 Å². The number of nitrogens with one attached hydrogen (secondary N) is 2. The summed E-state index contributed by atoms with van der Waals surface area (Å²) in [6, 6.07) is 7.24. The van der Waals surface area contributed by atoms with E-state index in [1.807, 2.05) is 45.9 Å². The molecule has 0 bridgehead atoms. The van der Waals surface area contributed by atoms with Crippen LogP contribution in [0.15, 0.2) is 35.3 Å². The number of carbonyl (C=O) groups excluding carboxylic acids is 1. The van der Waals surface area contributed by atoms with E-state index in [0.29, 0.717) is 22.2 Å². The summed E-state index contributed by atoms with van der Waals surface area (Å²) in [5.74, 6) is 1.01. The molecular weight excluding hydrogens is 492 g/mol. The minimum absolute atomic E-state index is 0.0956. The molecule has 0 atom stereocenters. The van der Waals surface area contributed by atoms with E-state index < -0.39 is 0 Å². The molecule has 2 aromatic heterocycles. The molecule has 198 valence electrons. The number of halogens is 1. The van der Waals surface area contributed by atoms with Crippen LogP contribution >= 0.6 is 11.6 Å². The zero-order chi connectivity index (χ0) is 26.7. The van der Waals surface area contributed by atoms with Crippen molar-refractivity contribution in [3.8, 4) is 5.75 Å². The van der Waals surface area contributed by atoms with Crippen molar-refractivity contribution in [1.29, 1.82) is 0 Å². The van der Waals surface area contributed by atoms with Gasteiger partial charge in [-0.25, -0.2) is 4.98 Å². The van der Waals surface area contributed by atoms with Gasteiger partial charge >= 0.3 is 0 Å². The molecule has 5 rings (SSSR count). The van der Waals surface area contributed by atoms with Gasteiger partial charge in [-0.05, 0) is 51.0 Å². The molecule has 10 heteroatoms. The monoisotopic (exact) mass is 526 g/mol. The van der Waals surface area contributed by atoms with Gasteiger partial charge in [-0.15, -0.1) is 0 Å². The third kappa shape index (κ3) is 5.37. The van der Waals surface area contributed by atoms with Crippen molar-refractivity contribution in [1.82, 2.24) is 19.9 Å². The number of amides is 1. The van der Waals surface area contributed by atoms with Gasteiger partial charge in [0, 0.05) is 42.7 Å². The Morgan fingerprint density at radius 2 is 1.95 bits per heavy atom. The van der Waals surface area contributed by atoms with E-state index in [2.05, 4.69) is 25.5 Å². The molecule has 9 nitrogen and oxygen atoms in total. The van der Waals surface area contributed by atoms with Gasteiger partial charge in [0.2, 0.25) is 5.95 Å². The molecule has 2 fully saturated rings. The van der Waals surface area contributed by atoms with Crippen LogP contribution in [-0.2, 0) is 4.79 Å². The summed E-state index contributed by atoms with van der Waals surface area (Å²) in [4.78, 5) is 35.9. The van der Waals surface area contributed by atoms with E-state index in [-0.39, 0.29) is 29.9 Å². The fraction of sp³-hybridized carbons (Fsp3) is 0.481. The molecule has 1 aliphatic carbocycles. The highest BCUT2D eigenvalue weighted by atomic mass is 35.5. The molecule has 1 saturated carbocycles. The van der Waals surface area contributed by atoms with E-state index in [9.17, 15) is 9.59 Å². The van der Waals surface area contributed by atoms with E-state index in [4.69, 9.17) is 16.3 Å². The molecule has 3 heterocycles. The van der Waals surface area contributed by atoms with Crippen LogP contribution in [0.25, 0.3) is 10.9 Å². The fourth-order valence-corrected chi connectivity index (χ4v) is 5.00. The predicted molar refractivity (Wildman–Crippen MR) is 148 cm³/mol. The molecule has 1 saturated heterocycles. The number of pyridine rings is 1. The minimum atomic E-state index is -0.310. The highest BCUT2D eigenvalue weighted by Crippen LogP contribution is 2.49. The van der Waals surface area contributed by atoms with Crippen LogP contribution in [0.1, 0.15) is 53.0 Å². The summed E-state index contributed by atoms with van der Waals surface area (Å²) in [5, 5.41) is 7.00. The Balaban J connectivity index is 0.00000156. The number of fused-ring (bicyclic) bond motifs is 1. The number of benzene rings is 1. The zero-order valence-corrected chi connectivity index (χ0v) is 22.9. The predicted octanol–water partition coefficient (Wildman–Crippen LogP) is 4.91. The lowest BCUT2D eigenvalue weighted by Gasteiger charge is -2.55. The highest BCUT2D eigenvalue weighted by molar-refractivity contribution is 6.32. The van der Waals surface area contributed by atoms with Crippen LogP contribution in [0.3, 0.4) is 0 Å². The average Bonchev–Trinajstić information content (AvgIpc) is 2.83. The molecular formula is C27H35ClN6O3. The number of nitrogens with zero attached hydrogens (tertiary/aromatic N) is 4. The third-order valence-corrected chi connectivity index (χ3v) is 7.18. The quantitative estimate of drug-likeness (QED) is 0.451. The summed E-state index contributed by atoms with van der Waals surface area (Å²) < 4.78 is 7.21. The maximum absolute atomic E-state index is 13.0. The van der Waals surface area contributed by atoms with Gasteiger partial charge in [0.05, 0.1) is 11.7 Å². The third-order valence-electron chi connectivity index (χ3n) is 6.90. The summed E-state index contributed by atoms with van der Waals surface area (Å²) >= 11 is 6.41. The highest BCUT2D eigenvalue weighted by Gasteiger charge is 2.48. The molecule has 1 aliphatic heterocycles. The Bertz CT molecular complexity index is 1340. The number of aromatic nitrogens is 3. The van der Waals surface area contributed by atoms with Crippen molar-refractivity contribution in [3.63, 3.8) is 0 Å². The van der Waals surface area contributed by atoms with Gasteiger partial charge in [-0.3, -0.25) is 9.59 Å². The SMILES string of the molecule is CC.CNC(=O)COc1cc2cc(Nc3nc(N4CC5(CCC5)C4)ncc3Cl)ccc2n(C(C)C)c1=O. The summed E-state index contributed by atoms with van der Waals surface area (Å²) in [6.07, 6.45) is 5.51. The Morgan fingerprint density at radius 1 is 1.22 bits per heavy atom. The molecule has 2 aliphatic rings. The Morgan fingerprint density at radius 3 is 2.57 bits per heavy atom. The molecule has 3 aromatic rings. The zero-order valence-electron chi connectivity index (χ0n) is 22.1. The second-order valence-corrected chi connectivity index (χ2v) is 10.1. The molecule has 0 radical (unpaired) electrons.